The number of carbonyl (C=O) groups excluding carboxylic acids is 1. The van der Waals surface area contributed by atoms with Gasteiger partial charge in [0.25, 0.3) is 0 Å². The number of benzene rings is 1. The lowest BCUT2D eigenvalue weighted by Gasteiger charge is -2.45. The highest BCUT2D eigenvalue weighted by Gasteiger charge is 2.42. The molecule has 1 amide bonds. The Bertz CT molecular complexity index is 799. The summed E-state index contributed by atoms with van der Waals surface area (Å²) in [4.78, 5) is 23.2. The highest BCUT2D eigenvalue weighted by Crippen LogP contribution is 2.40. The van der Waals surface area contributed by atoms with Crippen LogP contribution in [0, 0.1) is 12.3 Å². The molecule has 7 heteroatoms. The Labute approximate surface area is 160 Å². The molecule has 1 fully saturated rings. The molecule has 1 heterocycles. The molecule has 0 saturated heterocycles. The Morgan fingerprint density at radius 3 is 2.44 bits per heavy atom. The molecule has 1 aromatic rings. The van der Waals surface area contributed by atoms with E-state index in [-0.39, 0.29) is 11.9 Å². The van der Waals surface area contributed by atoms with Crippen LogP contribution in [-0.2, 0) is 4.79 Å². The van der Waals surface area contributed by atoms with E-state index in [9.17, 15) is 4.79 Å². The number of nitrogens with two attached hydrogens (primary N) is 2. The minimum absolute atomic E-state index is 0.0153. The first-order valence-corrected chi connectivity index (χ1v) is 9.54. The maximum atomic E-state index is 12.3. The number of hydrogen-bond acceptors (Lipinski definition) is 6. The first-order chi connectivity index (χ1) is 12.6. The topological polar surface area (TPSA) is 109 Å². The fraction of sp³-hybridized carbons (Fsp3) is 0.550. The summed E-state index contributed by atoms with van der Waals surface area (Å²) in [7, 11) is 0. The van der Waals surface area contributed by atoms with Crippen molar-refractivity contribution in [2.45, 2.75) is 65.5 Å². The summed E-state index contributed by atoms with van der Waals surface area (Å²) in [5.41, 5.74) is 14.0. The van der Waals surface area contributed by atoms with Crippen LogP contribution in [0.1, 0.15) is 58.4 Å². The molecule has 1 aromatic carbocycles. The van der Waals surface area contributed by atoms with E-state index in [1.807, 2.05) is 50.8 Å². The van der Waals surface area contributed by atoms with E-state index >= 15 is 0 Å². The van der Waals surface area contributed by atoms with Crippen molar-refractivity contribution in [3.8, 4) is 0 Å². The Kier molecular flexibility index (Phi) is 4.88. The quantitative estimate of drug-likeness (QED) is 0.743. The molecule has 3 rings (SSSR count). The third-order valence-corrected chi connectivity index (χ3v) is 5.25. The molecule has 0 unspecified atom stereocenters. The molecule has 0 atom stereocenters. The molecule has 7 nitrogen and oxygen atoms in total. The predicted molar refractivity (Wildman–Crippen MR) is 111 cm³/mol. The third kappa shape index (κ3) is 3.77. The molecule has 0 radical (unpaired) electrons. The SMILES string of the molecule is Cc1cc(N2C(N)=NC(N)=NC23CCCCC3)ccc1NC(=O)C(C)(C)C. The zero-order valence-electron chi connectivity index (χ0n) is 16.7. The zero-order chi connectivity index (χ0) is 19.8. The normalized spacial score (nSPS) is 19.5. The summed E-state index contributed by atoms with van der Waals surface area (Å²) in [6.07, 6.45) is 5.15. The summed E-state index contributed by atoms with van der Waals surface area (Å²) in [6.45, 7) is 7.66. The smallest absolute Gasteiger partial charge is 0.229 e. The molecule has 1 aliphatic carbocycles. The van der Waals surface area contributed by atoms with Gasteiger partial charge < -0.3 is 16.8 Å². The Morgan fingerprint density at radius 1 is 1.19 bits per heavy atom. The Hall–Kier alpha value is -2.57. The molecule has 1 spiro atoms. The Balaban J connectivity index is 1.94. The number of nitrogens with one attached hydrogen (secondary N) is 1. The number of hydrogen-bond donors (Lipinski definition) is 3. The number of amides is 1. The van der Waals surface area contributed by atoms with Crippen LogP contribution >= 0.6 is 0 Å². The summed E-state index contributed by atoms with van der Waals surface area (Å²) in [5, 5.41) is 3.00. The van der Waals surface area contributed by atoms with Gasteiger partial charge in [0, 0.05) is 16.8 Å². The van der Waals surface area contributed by atoms with Gasteiger partial charge in [-0.3, -0.25) is 9.69 Å². The van der Waals surface area contributed by atoms with Crippen molar-refractivity contribution in [1.29, 1.82) is 0 Å². The van der Waals surface area contributed by atoms with Gasteiger partial charge in [-0.2, -0.15) is 4.99 Å². The largest absolute Gasteiger partial charge is 0.369 e. The van der Waals surface area contributed by atoms with Gasteiger partial charge in [0.05, 0.1) is 0 Å². The Morgan fingerprint density at radius 2 is 1.85 bits per heavy atom. The van der Waals surface area contributed by atoms with Crippen molar-refractivity contribution < 1.29 is 4.79 Å². The van der Waals surface area contributed by atoms with Crippen LogP contribution in [0.15, 0.2) is 28.2 Å². The molecular weight excluding hydrogens is 340 g/mol. The number of aryl methyl sites for hydroxylation is 1. The van der Waals surface area contributed by atoms with Crippen LogP contribution in [-0.4, -0.2) is 23.5 Å². The molecular formula is C20H30N6O. The third-order valence-electron chi connectivity index (χ3n) is 5.25. The van der Waals surface area contributed by atoms with E-state index in [0.29, 0.717) is 5.96 Å². The van der Waals surface area contributed by atoms with E-state index in [1.165, 1.54) is 6.42 Å². The van der Waals surface area contributed by atoms with Crippen molar-refractivity contribution in [2.75, 3.05) is 10.2 Å². The summed E-state index contributed by atoms with van der Waals surface area (Å²) in [6, 6.07) is 5.90. The second-order valence-corrected chi connectivity index (χ2v) is 8.52. The van der Waals surface area contributed by atoms with Crippen LogP contribution in [0.5, 0.6) is 0 Å². The minimum Gasteiger partial charge on any atom is -0.369 e. The zero-order valence-corrected chi connectivity index (χ0v) is 16.7. The lowest BCUT2D eigenvalue weighted by atomic mass is 9.87. The summed E-state index contributed by atoms with van der Waals surface area (Å²) < 4.78 is 0. The second-order valence-electron chi connectivity index (χ2n) is 8.52. The predicted octanol–water partition coefficient (Wildman–Crippen LogP) is 3.09. The lowest BCUT2D eigenvalue weighted by molar-refractivity contribution is -0.123. The number of guanidine groups is 2. The lowest BCUT2D eigenvalue weighted by Crippen LogP contribution is -2.58. The van der Waals surface area contributed by atoms with Crippen molar-refractivity contribution in [1.82, 2.24) is 0 Å². The van der Waals surface area contributed by atoms with Gasteiger partial charge in [-0.05, 0) is 56.4 Å². The first-order valence-electron chi connectivity index (χ1n) is 9.54. The number of rotatable bonds is 2. The van der Waals surface area contributed by atoms with Crippen molar-refractivity contribution in [3.05, 3.63) is 23.8 Å². The molecule has 2 aliphatic rings. The van der Waals surface area contributed by atoms with Crippen LogP contribution in [0.25, 0.3) is 0 Å². The van der Waals surface area contributed by atoms with Gasteiger partial charge in [-0.25, -0.2) is 4.99 Å². The fourth-order valence-corrected chi connectivity index (χ4v) is 3.73. The molecule has 5 N–H and O–H groups in total. The van der Waals surface area contributed by atoms with E-state index in [1.54, 1.807) is 0 Å². The van der Waals surface area contributed by atoms with Crippen molar-refractivity contribution >= 4 is 29.2 Å². The van der Waals surface area contributed by atoms with E-state index in [0.717, 1.165) is 42.6 Å². The molecule has 1 aliphatic heterocycles. The monoisotopic (exact) mass is 370 g/mol. The molecule has 27 heavy (non-hydrogen) atoms. The molecule has 146 valence electrons. The van der Waals surface area contributed by atoms with E-state index in [2.05, 4.69) is 10.3 Å². The average molecular weight is 371 g/mol. The first kappa shape index (κ1) is 19.2. The van der Waals surface area contributed by atoms with Gasteiger partial charge in [0.2, 0.25) is 17.8 Å². The van der Waals surface area contributed by atoms with Gasteiger partial charge >= 0.3 is 0 Å². The maximum absolute atomic E-state index is 12.3. The number of aliphatic imine (C=N–C) groups is 2. The highest BCUT2D eigenvalue weighted by atomic mass is 16.2. The van der Waals surface area contributed by atoms with E-state index in [4.69, 9.17) is 16.5 Å². The fourth-order valence-electron chi connectivity index (χ4n) is 3.73. The van der Waals surface area contributed by atoms with Crippen LogP contribution in [0.2, 0.25) is 0 Å². The number of nitrogens with zero attached hydrogens (tertiary/aromatic N) is 3. The van der Waals surface area contributed by atoms with Crippen LogP contribution in [0.3, 0.4) is 0 Å². The van der Waals surface area contributed by atoms with Crippen LogP contribution in [0.4, 0.5) is 11.4 Å². The number of anilines is 2. The average Bonchev–Trinajstić information content (AvgIpc) is 2.56. The van der Waals surface area contributed by atoms with Crippen molar-refractivity contribution in [2.24, 2.45) is 26.9 Å². The van der Waals surface area contributed by atoms with Gasteiger partial charge in [0.1, 0.15) is 5.66 Å². The van der Waals surface area contributed by atoms with Crippen molar-refractivity contribution in [3.63, 3.8) is 0 Å². The standard InChI is InChI=1S/C20H30N6O/c1-13-12-14(8-9-15(13)23-16(27)19(2,3)4)26-18(22)24-17(21)25-20(26)10-6-5-7-11-20/h8-9,12H,5-7,10-11H2,1-4H3,(H,23,27)(H4,21,22,24,25). The molecule has 0 bridgehead atoms. The van der Waals surface area contributed by atoms with Crippen LogP contribution < -0.4 is 21.7 Å². The van der Waals surface area contributed by atoms with Gasteiger partial charge in [0.15, 0.2) is 0 Å². The second kappa shape index (κ2) is 6.87. The molecule has 0 aromatic heterocycles. The summed E-state index contributed by atoms with van der Waals surface area (Å²) >= 11 is 0. The number of carbonyl (C=O) groups is 1. The van der Waals surface area contributed by atoms with Gasteiger partial charge in [-0.1, -0.05) is 27.2 Å². The maximum Gasteiger partial charge on any atom is 0.229 e. The highest BCUT2D eigenvalue weighted by molar-refractivity contribution is 6.06. The van der Waals surface area contributed by atoms with E-state index < -0.39 is 11.1 Å². The minimum atomic E-state index is -0.462. The molecule has 1 saturated carbocycles. The summed E-state index contributed by atoms with van der Waals surface area (Å²) in [5.74, 6) is 0.602. The van der Waals surface area contributed by atoms with Gasteiger partial charge in [-0.15, -0.1) is 0 Å².